The van der Waals surface area contributed by atoms with Crippen molar-refractivity contribution in [1.29, 1.82) is 0 Å². The van der Waals surface area contributed by atoms with E-state index in [1.807, 2.05) is 66.9 Å². The third-order valence-corrected chi connectivity index (χ3v) is 7.43. The first-order valence-corrected chi connectivity index (χ1v) is 13.4. The molecule has 0 radical (unpaired) electrons. The molecule has 0 aliphatic carbocycles. The van der Waals surface area contributed by atoms with Crippen LogP contribution in [0.25, 0.3) is 17.0 Å². The fourth-order valence-corrected chi connectivity index (χ4v) is 5.09. The van der Waals surface area contributed by atoms with Crippen LogP contribution in [0, 0.1) is 0 Å². The highest BCUT2D eigenvalue weighted by molar-refractivity contribution is 6.13. The predicted molar refractivity (Wildman–Crippen MR) is 159 cm³/mol. The quantitative estimate of drug-likeness (QED) is 0.156. The average molecular weight is 527 g/mol. The molecule has 5 nitrogen and oxygen atoms in total. The van der Waals surface area contributed by atoms with E-state index in [0.717, 1.165) is 27.8 Å². The summed E-state index contributed by atoms with van der Waals surface area (Å²) in [4.78, 5) is 17.0. The van der Waals surface area contributed by atoms with Crippen LogP contribution in [0.1, 0.15) is 36.1 Å². The molecule has 1 aromatic heterocycles. The fraction of sp³-hybridized carbons (Fsp3) is 0.143. The summed E-state index contributed by atoms with van der Waals surface area (Å²) in [6.45, 7) is 5.64. The van der Waals surface area contributed by atoms with Crippen molar-refractivity contribution in [2.45, 2.75) is 25.8 Å². The van der Waals surface area contributed by atoms with Gasteiger partial charge in [-0.3, -0.25) is 0 Å². The Morgan fingerprint density at radius 2 is 1.48 bits per heavy atom. The Bertz CT molecular complexity index is 1710. The second-order valence-corrected chi connectivity index (χ2v) is 10.4. The van der Waals surface area contributed by atoms with Crippen LogP contribution in [0.4, 0.5) is 0 Å². The lowest BCUT2D eigenvalue weighted by atomic mass is 9.78. The van der Waals surface area contributed by atoms with Gasteiger partial charge in [0.15, 0.2) is 5.70 Å². The molecular weight excluding hydrogens is 496 g/mol. The van der Waals surface area contributed by atoms with E-state index in [1.165, 1.54) is 11.1 Å². The molecule has 1 aliphatic rings. The molecule has 6 rings (SSSR count). The van der Waals surface area contributed by atoms with Crippen molar-refractivity contribution < 1.29 is 14.3 Å². The minimum atomic E-state index is -0.446. The normalized spacial score (nSPS) is 14.4. The summed E-state index contributed by atoms with van der Waals surface area (Å²) < 4.78 is 13.7. The number of cyclic esters (lactones) is 1. The van der Waals surface area contributed by atoms with Crippen LogP contribution in [-0.2, 0) is 21.5 Å². The van der Waals surface area contributed by atoms with Crippen molar-refractivity contribution in [2.24, 2.45) is 4.99 Å². The van der Waals surface area contributed by atoms with E-state index in [9.17, 15) is 4.79 Å². The summed E-state index contributed by atoms with van der Waals surface area (Å²) >= 11 is 0. The van der Waals surface area contributed by atoms with Gasteiger partial charge in [-0.05, 0) is 47.5 Å². The van der Waals surface area contributed by atoms with Crippen LogP contribution in [-0.4, -0.2) is 23.0 Å². The SMILES string of the molecule is CC(C)(c1ccccc1)c1ccc(OCCn2cc(C=C3N=C(c4ccccc4)OC3=O)c3ccccc32)cc1. The first-order valence-electron chi connectivity index (χ1n) is 13.4. The van der Waals surface area contributed by atoms with Crippen molar-refractivity contribution in [1.82, 2.24) is 4.57 Å². The number of benzene rings is 4. The van der Waals surface area contributed by atoms with Crippen LogP contribution < -0.4 is 4.74 Å². The lowest BCUT2D eigenvalue weighted by Gasteiger charge is -2.26. The Morgan fingerprint density at radius 3 is 2.23 bits per heavy atom. The third kappa shape index (κ3) is 5.06. The standard InChI is InChI=1S/C35H30N2O3/c1-35(2,27-13-7-4-8-14-27)28-17-19-29(20-18-28)39-22-21-37-24-26(30-15-9-10-16-32(30)37)23-31-34(38)40-33(36-31)25-11-5-3-6-12-25/h3-20,23-24H,21-22H2,1-2H3. The van der Waals surface area contributed by atoms with Gasteiger partial charge in [0.05, 0.1) is 6.54 Å². The van der Waals surface area contributed by atoms with E-state index in [-0.39, 0.29) is 11.1 Å². The van der Waals surface area contributed by atoms with Crippen LogP contribution in [0.2, 0.25) is 0 Å². The van der Waals surface area contributed by atoms with Gasteiger partial charge >= 0.3 is 5.97 Å². The molecule has 0 atom stereocenters. The summed E-state index contributed by atoms with van der Waals surface area (Å²) in [5.41, 5.74) is 5.47. The first-order chi connectivity index (χ1) is 19.5. The predicted octanol–water partition coefficient (Wildman–Crippen LogP) is 7.39. The molecule has 5 aromatic rings. The second-order valence-electron chi connectivity index (χ2n) is 10.4. The molecule has 0 saturated heterocycles. The molecule has 0 spiro atoms. The summed E-state index contributed by atoms with van der Waals surface area (Å²) in [7, 11) is 0. The lowest BCUT2D eigenvalue weighted by molar-refractivity contribution is -0.129. The highest BCUT2D eigenvalue weighted by Gasteiger charge is 2.25. The zero-order chi connectivity index (χ0) is 27.5. The minimum absolute atomic E-state index is 0.0909. The number of para-hydroxylation sites is 1. The molecule has 0 N–H and O–H groups in total. The van der Waals surface area contributed by atoms with Gasteiger partial charge in [0.25, 0.3) is 0 Å². The molecule has 0 saturated carbocycles. The Morgan fingerprint density at radius 1 is 0.825 bits per heavy atom. The maximum absolute atomic E-state index is 12.6. The zero-order valence-electron chi connectivity index (χ0n) is 22.6. The summed E-state index contributed by atoms with van der Waals surface area (Å²) in [6, 6.07) is 36.5. The van der Waals surface area contributed by atoms with Gasteiger partial charge in [0.1, 0.15) is 12.4 Å². The van der Waals surface area contributed by atoms with Crippen LogP contribution >= 0.6 is 0 Å². The highest BCUT2D eigenvalue weighted by atomic mass is 16.6. The highest BCUT2D eigenvalue weighted by Crippen LogP contribution is 2.32. The van der Waals surface area contributed by atoms with Crippen molar-refractivity contribution in [3.05, 3.63) is 143 Å². The molecular formula is C35H30N2O3. The topological polar surface area (TPSA) is 52.8 Å². The number of ether oxygens (including phenoxy) is 2. The molecule has 2 heterocycles. The number of fused-ring (bicyclic) bond motifs is 1. The van der Waals surface area contributed by atoms with E-state index in [1.54, 1.807) is 6.08 Å². The maximum atomic E-state index is 12.6. The minimum Gasteiger partial charge on any atom is -0.492 e. The van der Waals surface area contributed by atoms with E-state index >= 15 is 0 Å². The van der Waals surface area contributed by atoms with E-state index < -0.39 is 5.97 Å². The van der Waals surface area contributed by atoms with E-state index in [0.29, 0.717) is 19.0 Å². The van der Waals surface area contributed by atoms with Crippen molar-refractivity contribution in [3.63, 3.8) is 0 Å². The zero-order valence-corrected chi connectivity index (χ0v) is 22.6. The number of carbonyl (C=O) groups is 1. The number of carbonyl (C=O) groups excluding carboxylic acids is 1. The molecule has 198 valence electrons. The molecule has 0 bridgehead atoms. The first kappa shape index (κ1) is 25.4. The average Bonchev–Trinajstić information content (AvgIpc) is 3.54. The molecule has 40 heavy (non-hydrogen) atoms. The Kier molecular flexibility index (Phi) is 6.79. The fourth-order valence-electron chi connectivity index (χ4n) is 5.09. The van der Waals surface area contributed by atoms with Crippen molar-refractivity contribution in [3.8, 4) is 5.75 Å². The Hall–Kier alpha value is -4.90. The number of nitrogens with zero attached hydrogens (tertiary/aromatic N) is 2. The van der Waals surface area contributed by atoms with Gasteiger partial charge < -0.3 is 14.0 Å². The van der Waals surface area contributed by atoms with Gasteiger partial charge in [-0.25, -0.2) is 9.79 Å². The summed E-state index contributed by atoms with van der Waals surface area (Å²) in [5, 5.41) is 1.04. The van der Waals surface area contributed by atoms with Gasteiger partial charge in [-0.2, -0.15) is 0 Å². The molecule has 0 fully saturated rings. The number of aromatic nitrogens is 1. The van der Waals surface area contributed by atoms with E-state index in [4.69, 9.17) is 9.47 Å². The van der Waals surface area contributed by atoms with Gasteiger partial charge in [0, 0.05) is 33.6 Å². The molecule has 5 heteroatoms. The van der Waals surface area contributed by atoms with E-state index in [2.05, 4.69) is 71.9 Å². The molecule has 1 aliphatic heterocycles. The number of esters is 1. The Balaban J connectivity index is 1.17. The second kappa shape index (κ2) is 10.7. The third-order valence-electron chi connectivity index (χ3n) is 7.43. The summed E-state index contributed by atoms with van der Waals surface area (Å²) in [6.07, 6.45) is 3.83. The molecule has 0 amide bonds. The van der Waals surface area contributed by atoms with Crippen LogP contribution in [0.15, 0.2) is 126 Å². The van der Waals surface area contributed by atoms with Crippen molar-refractivity contribution >= 4 is 28.8 Å². The largest absolute Gasteiger partial charge is 0.492 e. The number of hydrogen-bond donors (Lipinski definition) is 0. The molecule has 0 unspecified atom stereocenters. The van der Waals surface area contributed by atoms with Crippen molar-refractivity contribution in [2.75, 3.05) is 6.61 Å². The molecule has 4 aromatic carbocycles. The maximum Gasteiger partial charge on any atom is 0.363 e. The Labute approximate surface area is 234 Å². The van der Waals surface area contributed by atoms with Gasteiger partial charge in [-0.1, -0.05) is 92.7 Å². The lowest BCUT2D eigenvalue weighted by Crippen LogP contribution is -2.18. The van der Waals surface area contributed by atoms with Crippen LogP contribution in [0.3, 0.4) is 0 Å². The monoisotopic (exact) mass is 526 g/mol. The number of rotatable bonds is 8. The van der Waals surface area contributed by atoms with Crippen LogP contribution in [0.5, 0.6) is 5.75 Å². The number of hydrogen-bond acceptors (Lipinski definition) is 4. The smallest absolute Gasteiger partial charge is 0.363 e. The van der Waals surface area contributed by atoms with Gasteiger partial charge in [-0.15, -0.1) is 0 Å². The van der Waals surface area contributed by atoms with Gasteiger partial charge in [0.2, 0.25) is 5.90 Å². The number of aliphatic imine (C=N–C) groups is 1. The summed E-state index contributed by atoms with van der Waals surface area (Å²) in [5.74, 6) is 0.716.